The molecule has 4 aromatic rings. The van der Waals surface area contributed by atoms with E-state index in [1.165, 1.54) is 0 Å². The van der Waals surface area contributed by atoms with Gasteiger partial charge in [-0.3, -0.25) is 4.79 Å². The van der Waals surface area contributed by atoms with Gasteiger partial charge in [-0.2, -0.15) is 0 Å². The second-order valence-electron chi connectivity index (χ2n) is 8.43. The molecular weight excluding hydrogens is 386 g/mol. The Bertz CT molecular complexity index is 1250. The highest BCUT2D eigenvalue weighted by Gasteiger charge is 2.18. The summed E-state index contributed by atoms with van der Waals surface area (Å²) < 4.78 is 1.86. The van der Waals surface area contributed by atoms with Crippen LogP contribution in [0.4, 0.5) is 0 Å². The van der Waals surface area contributed by atoms with E-state index in [1.54, 1.807) is 0 Å². The Morgan fingerprint density at radius 1 is 1.06 bits per heavy atom. The van der Waals surface area contributed by atoms with Crippen LogP contribution in [0, 0.1) is 6.92 Å². The molecule has 0 saturated carbocycles. The number of benzene rings is 3. The van der Waals surface area contributed by atoms with Gasteiger partial charge in [-0.1, -0.05) is 42.5 Å². The molecule has 1 atom stereocenters. The topological polar surface area (TPSA) is 57.5 Å². The number of carbonyl (C=O) groups is 1. The van der Waals surface area contributed by atoms with Gasteiger partial charge in [0.15, 0.2) is 0 Å². The molecule has 1 amide bonds. The van der Waals surface area contributed by atoms with Crippen LogP contribution in [-0.4, -0.2) is 34.6 Å². The van der Waals surface area contributed by atoms with Crippen molar-refractivity contribution in [3.8, 4) is 0 Å². The highest BCUT2D eigenvalue weighted by atomic mass is 16.3. The number of aliphatic hydroxyl groups excluding tert-OH is 1. The minimum atomic E-state index is -0.136. The van der Waals surface area contributed by atoms with Crippen LogP contribution < -0.4 is 5.32 Å². The quantitative estimate of drug-likeness (QED) is 0.484. The van der Waals surface area contributed by atoms with Gasteiger partial charge in [-0.05, 0) is 68.0 Å². The van der Waals surface area contributed by atoms with Gasteiger partial charge in [0.25, 0.3) is 5.91 Å². The van der Waals surface area contributed by atoms with Crippen LogP contribution in [0.15, 0.2) is 60.7 Å². The molecular formula is C26H29N3O2. The number of aliphatic hydroxyl groups is 1. The van der Waals surface area contributed by atoms with Crippen molar-refractivity contribution < 1.29 is 9.90 Å². The summed E-state index contributed by atoms with van der Waals surface area (Å²) in [6.07, 6.45) is 0. The molecule has 0 aliphatic heterocycles. The maximum atomic E-state index is 13.2. The third-order valence-corrected chi connectivity index (χ3v) is 5.84. The summed E-state index contributed by atoms with van der Waals surface area (Å²) >= 11 is 0. The third-order valence-electron chi connectivity index (χ3n) is 5.84. The Hall–Kier alpha value is -3.15. The lowest BCUT2D eigenvalue weighted by molar-refractivity contribution is 0.0939. The summed E-state index contributed by atoms with van der Waals surface area (Å²) in [4.78, 5) is 15.3. The number of carbonyl (C=O) groups excluding carboxylic acids is 1. The standard InChI is InChI=1S/C26H29N3O2/c1-17-12-20-13-21(15-28(3)4)29(16-30)25(20)14-24(17)26(31)27-18(2)22-11-7-9-19-8-5-6-10-23(19)22/h5-14,18,30H,15-16H2,1-4H3,(H,27,31). The Labute approximate surface area is 182 Å². The molecule has 5 heteroatoms. The van der Waals surface area contributed by atoms with Gasteiger partial charge >= 0.3 is 0 Å². The maximum absolute atomic E-state index is 13.2. The van der Waals surface area contributed by atoms with Gasteiger partial charge in [-0.25, -0.2) is 0 Å². The summed E-state index contributed by atoms with van der Waals surface area (Å²) in [7, 11) is 4.00. The molecule has 3 aromatic carbocycles. The summed E-state index contributed by atoms with van der Waals surface area (Å²) in [5, 5.41) is 16.5. The number of aryl methyl sites for hydroxylation is 1. The van der Waals surface area contributed by atoms with E-state index in [-0.39, 0.29) is 18.7 Å². The molecule has 160 valence electrons. The van der Waals surface area contributed by atoms with Crippen LogP contribution >= 0.6 is 0 Å². The molecule has 0 radical (unpaired) electrons. The minimum Gasteiger partial charge on any atom is -0.376 e. The minimum absolute atomic E-state index is 0.111. The fraction of sp³-hybridized carbons (Fsp3) is 0.269. The van der Waals surface area contributed by atoms with Gasteiger partial charge in [0, 0.05) is 23.2 Å². The van der Waals surface area contributed by atoms with Crippen molar-refractivity contribution in [2.45, 2.75) is 33.2 Å². The molecule has 2 N–H and O–H groups in total. The van der Waals surface area contributed by atoms with Crippen LogP contribution in [0.3, 0.4) is 0 Å². The number of aromatic nitrogens is 1. The Morgan fingerprint density at radius 3 is 2.55 bits per heavy atom. The second-order valence-corrected chi connectivity index (χ2v) is 8.43. The largest absolute Gasteiger partial charge is 0.376 e. The zero-order valence-corrected chi connectivity index (χ0v) is 18.5. The Kier molecular flexibility index (Phi) is 5.81. The molecule has 1 unspecified atom stereocenters. The number of nitrogens with one attached hydrogen (secondary N) is 1. The van der Waals surface area contributed by atoms with E-state index in [2.05, 4.69) is 40.5 Å². The lowest BCUT2D eigenvalue weighted by atomic mass is 9.99. The smallest absolute Gasteiger partial charge is 0.252 e. The molecule has 0 spiro atoms. The molecule has 5 nitrogen and oxygen atoms in total. The fourth-order valence-corrected chi connectivity index (χ4v) is 4.33. The number of nitrogens with zero attached hydrogens (tertiary/aromatic N) is 2. The van der Waals surface area contributed by atoms with Crippen LogP contribution in [0.5, 0.6) is 0 Å². The predicted molar refractivity (Wildman–Crippen MR) is 126 cm³/mol. The van der Waals surface area contributed by atoms with E-state index in [0.29, 0.717) is 12.1 Å². The number of rotatable bonds is 6. The predicted octanol–water partition coefficient (Wildman–Crippen LogP) is 4.61. The molecule has 0 aliphatic carbocycles. The summed E-state index contributed by atoms with van der Waals surface area (Å²) in [5.74, 6) is -0.111. The normalized spacial score (nSPS) is 12.6. The van der Waals surface area contributed by atoms with Crippen LogP contribution in [0.2, 0.25) is 0 Å². The van der Waals surface area contributed by atoms with Crippen molar-refractivity contribution in [1.82, 2.24) is 14.8 Å². The van der Waals surface area contributed by atoms with Gasteiger partial charge in [-0.15, -0.1) is 0 Å². The third kappa shape index (κ3) is 4.07. The lowest BCUT2D eigenvalue weighted by Gasteiger charge is -2.18. The molecule has 0 aliphatic rings. The first-order valence-electron chi connectivity index (χ1n) is 10.6. The van der Waals surface area contributed by atoms with E-state index in [0.717, 1.165) is 38.5 Å². The van der Waals surface area contributed by atoms with Crippen LogP contribution in [0.1, 0.15) is 40.1 Å². The molecule has 4 rings (SSSR count). The van der Waals surface area contributed by atoms with Crippen LogP contribution in [0.25, 0.3) is 21.7 Å². The van der Waals surface area contributed by atoms with Crippen molar-refractivity contribution >= 4 is 27.6 Å². The van der Waals surface area contributed by atoms with E-state index >= 15 is 0 Å². The number of hydrogen-bond donors (Lipinski definition) is 2. The first-order valence-corrected chi connectivity index (χ1v) is 10.6. The highest BCUT2D eigenvalue weighted by molar-refractivity contribution is 6.00. The first-order chi connectivity index (χ1) is 14.9. The average Bonchev–Trinajstić information content (AvgIpc) is 3.07. The maximum Gasteiger partial charge on any atom is 0.252 e. The number of fused-ring (bicyclic) bond motifs is 2. The SMILES string of the molecule is Cc1cc2cc(CN(C)C)n(CO)c2cc1C(=O)NC(C)c1cccc2ccccc12. The van der Waals surface area contributed by atoms with Crippen molar-refractivity contribution in [2.24, 2.45) is 0 Å². The molecule has 31 heavy (non-hydrogen) atoms. The van der Waals surface area contributed by atoms with Gasteiger partial charge in [0.2, 0.25) is 0 Å². The van der Waals surface area contributed by atoms with E-state index < -0.39 is 0 Å². The molecule has 0 saturated heterocycles. The van der Waals surface area contributed by atoms with Crippen molar-refractivity contribution in [2.75, 3.05) is 14.1 Å². The average molecular weight is 416 g/mol. The van der Waals surface area contributed by atoms with Gasteiger partial charge in [0.05, 0.1) is 11.6 Å². The number of hydrogen-bond acceptors (Lipinski definition) is 3. The fourth-order valence-electron chi connectivity index (χ4n) is 4.33. The lowest BCUT2D eigenvalue weighted by Crippen LogP contribution is -2.27. The van der Waals surface area contributed by atoms with E-state index in [9.17, 15) is 9.90 Å². The van der Waals surface area contributed by atoms with Crippen molar-refractivity contribution in [1.29, 1.82) is 0 Å². The zero-order valence-electron chi connectivity index (χ0n) is 18.5. The Morgan fingerprint density at radius 2 is 1.81 bits per heavy atom. The molecule has 0 fully saturated rings. The highest BCUT2D eigenvalue weighted by Crippen LogP contribution is 2.27. The zero-order chi connectivity index (χ0) is 22.1. The molecule has 1 heterocycles. The monoisotopic (exact) mass is 415 g/mol. The van der Waals surface area contributed by atoms with Gasteiger partial charge in [0.1, 0.15) is 6.73 Å². The van der Waals surface area contributed by atoms with E-state index in [1.807, 2.05) is 62.8 Å². The van der Waals surface area contributed by atoms with Crippen molar-refractivity contribution in [3.05, 3.63) is 83.0 Å². The van der Waals surface area contributed by atoms with Crippen molar-refractivity contribution in [3.63, 3.8) is 0 Å². The van der Waals surface area contributed by atoms with Gasteiger partial charge < -0.3 is 19.9 Å². The molecule has 1 aromatic heterocycles. The number of amides is 1. The first kappa shape index (κ1) is 21.1. The summed E-state index contributed by atoms with van der Waals surface area (Å²) in [6.45, 7) is 4.56. The van der Waals surface area contributed by atoms with E-state index in [4.69, 9.17) is 0 Å². The Balaban J connectivity index is 1.67. The summed E-state index contributed by atoms with van der Waals surface area (Å²) in [5.41, 5.74) is 4.53. The second kappa shape index (κ2) is 8.53. The van der Waals surface area contributed by atoms with Crippen LogP contribution in [-0.2, 0) is 13.3 Å². The summed E-state index contributed by atoms with van der Waals surface area (Å²) in [6, 6.07) is 20.3. The molecule has 0 bridgehead atoms.